The lowest BCUT2D eigenvalue weighted by molar-refractivity contribution is -0.138. The van der Waals surface area contributed by atoms with Crippen molar-refractivity contribution < 1.29 is 9.53 Å². The molecule has 0 saturated carbocycles. The molecule has 0 bridgehead atoms. The van der Waals surface area contributed by atoms with E-state index in [1.54, 1.807) is 13.8 Å². The zero-order valence-electron chi connectivity index (χ0n) is 15.7. The van der Waals surface area contributed by atoms with Gasteiger partial charge in [-0.25, -0.2) is 4.79 Å². The van der Waals surface area contributed by atoms with Crippen LogP contribution in [0.4, 0.5) is 0 Å². The van der Waals surface area contributed by atoms with Crippen molar-refractivity contribution in [2.24, 2.45) is 0 Å². The largest absolute Gasteiger partial charge is 0.463 e. The Labute approximate surface area is 158 Å². The van der Waals surface area contributed by atoms with Gasteiger partial charge in [0.1, 0.15) is 0 Å². The van der Waals surface area contributed by atoms with Gasteiger partial charge in [0, 0.05) is 12.1 Å². The molecule has 4 heteroatoms. The van der Waals surface area contributed by atoms with Crippen LogP contribution in [0.3, 0.4) is 0 Å². The van der Waals surface area contributed by atoms with Crippen molar-refractivity contribution in [3.8, 4) is 0 Å². The van der Waals surface area contributed by atoms with Crippen molar-refractivity contribution >= 4 is 29.1 Å². The Morgan fingerprint density at radius 1 is 1.04 bits per heavy atom. The van der Waals surface area contributed by atoms with Crippen LogP contribution in [0.25, 0.3) is 10.8 Å². The van der Waals surface area contributed by atoms with Crippen molar-refractivity contribution in [1.82, 2.24) is 4.90 Å². The Morgan fingerprint density at radius 3 is 2.16 bits per heavy atom. The van der Waals surface area contributed by atoms with Gasteiger partial charge in [0.2, 0.25) is 0 Å². The topological polar surface area (TPSA) is 29.5 Å². The van der Waals surface area contributed by atoms with Gasteiger partial charge in [-0.2, -0.15) is 0 Å². The fourth-order valence-electron chi connectivity index (χ4n) is 2.37. The van der Waals surface area contributed by atoms with E-state index in [9.17, 15) is 4.79 Å². The van der Waals surface area contributed by atoms with Gasteiger partial charge >= 0.3 is 5.97 Å². The summed E-state index contributed by atoms with van der Waals surface area (Å²) in [7, 11) is 0. The molecule has 0 atom stereocenters. The summed E-state index contributed by atoms with van der Waals surface area (Å²) in [6, 6.07) is 15.2. The second-order valence-corrected chi connectivity index (χ2v) is 5.60. The molecule has 0 fully saturated rings. The van der Waals surface area contributed by atoms with Gasteiger partial charge in [0.25, 0.3) is 0 Å². The first-order chi connectivity index (χ1) is 11.5. The van der Waals surface area contributed by atoms with Gasteiger partial charge < -0.3 is 4.74 Å². The van der Waals surface area contributed by atoms with Crippen LogP contribution >= 0.6 is 12.4 Å². The zero-order valence-corrected chi connectivity index (χ0v) is 16.6. The highest BCUT2D eigenvalue weighted by Gasteiger charge is 2.04. The van der Waals surface area contributed by atoms with E-state index >= 15 is 0 Å². The molecule has 0 spiro atoms. The number of hydrogen-bond acceptors (Lipinski definition) is 3. The molecule has 0 aromatic heterocycles. The summed E-state index contributed by atoms with van der Waals surface area (Å²) in [4.78, 5) is 12.9. The molecule has 2 aromatic carbocycles. The van der Waals surface area contributed by atoms with Crippen molar-refractivity contribution in [3.63, 3.8) is 0 Å². The number of halogens is 1. The third kappa shape index (κ3) is 7.72. The van der Waals surface area contributed by atoms with Crippen molar-refractivity contribution in [2.45, 2.75) is 34.2 Å². The van der Waals surface area contributed by atoms with E-state index in [-0.39, 0.29) is 18.4 Å². The summed E-state index contributed by atoms with van der Waals surface area (Å²) in [5.41, 5.74) is 1.88. The van der Waals surface area contributed by atoms with Crippen molar-refractivity contribution in [3.05, 3.63) is 60.2 Å². The average molecular weight is 364 g/mol. The molecule has 0 aliphatic heterocycles. The third-order valence-electron chi connectivity index (χ3n) is 3.79. The first-order valence-corrected chi connectivity index (χ1v) is 8.55. The number of fused-ring (bicyclic) bond motifs is 1. The second kappa shape index (κ2) is 12.5. The van der Waals surface area contributed by atoms with E-state index in [0.29, 0.717) is 12.2 Å². The molecule has 0 aliphatic carbocycles. The quantitative estimate of drug-likeness (QED) is 0.520. The lowest BCUT2D eigenvalue weighted by Gasteiger charge is -2.19. The highest BCUT2D eigenvalue weighted by atomic mass is 35.5. The van der Waals surface area contributed by atoms with Crippen LogP contribution in [-0.4, -0.2) is 30.6 Å². The number of hydrogen-bond donors (Lipinski definition) is 0. The average Bonchev–Trinajstić information content (AvgIpc) is 2.60. The van der Waals surface area contributed by atoms with Crippen LogP contribution in [0.1, 0.15) is 33.3 Å². The summed E-state index contributed by atoms with van der Waals surface area (Å²) >= 11 is 0. The first kappa shape index (κ1) is 23.2. The highest BCUT2D eigenvalue weighted by molar-refractivity contribution is 5.87. The van der Waals surface area contributed by atoms with Gasteiger partial charge in [-0.05, 0) is 43.3 Å². The Hall–Kier alpha value is -1.84. The zero-order chi connectivity index (χ0) is 17.9. The smallest absolute Gasteiger partial charge is 0.333 e. The Kier molecular flexibility index (Phi) is 11.6. The van der Waals surface area contributed by atoms with Crippen LogP contribution in [0.5, 0.6) is 0 Å². The molecule has 2 aromatic rings. The number of ether oxygens (including phenoxy) is 1. The van der Waals surface area contributed by atoms with Crippen LogP contribution in [0, 0.1) is 0 Å². The van der Waals surface area contributed by atoms with Crippen molar-refractivity contribution in [2.75, 3.05) is 19.7 Å². The predicted octanol–water partition coefficient (Wildman–Crippen LogP) is 5.23. The van der Waals surface area contributed by atoms with Gasteiger partial charge in [-0.3, -0.25) is 4.90 Å². The Bertz CT molecular complexity index is 660. The maximum Gasteiger partial charge on any atom is 0.333 e. The molecule has 3 nitrogen and oxygen atoms in total. The SMILES string of the molecule is C=C(C)C(=O)OCC.CCN(CC)Cc1cccc2ccccc12.Cl. The fraction of sp³-hybridized carbons (Fsp3) is 0.381. The lowest BCUT2D eigenvalue weighted by atomic mass is 10.0. The number of benzene rings is 2. The van der Waals surface area contributed by atoms with E-state index < -0.39 is 0 Å². The maximum atomic E-state index is 10.4. The minimum absolute atomic E-state index is 0. The molecule has 25 heavy (non-hydrogen) atoms. The molecule has 138 valence electrons. The highest BCUT2D eigenvalue weighted by Crippen LogP contribution is 2.19. The molecule has 0 heterocycles. The van der Waals surface area contributed by atoms with E-state index in [1.165, 1.54) is 16.3 Å². The second-order valence-electron chi connectivity index (χ2n) is 5.60. The summed E-state index contributed by atoms with van der Waals surface area (Å²) in [6.45, 7) is 14.9. The Morgan fingerprint density at radius 2 is 1.64 bits per heavy atom. The fourth-order valence-corrected chi connectivity index (χ4v) is 2.37. The Balaban J connectivity index is 0.000000552. The van der Waals surface area contributed by atoms with Crippen LogP contribution in [0.2, 0.25) is 0 Å². The van der Waals surface area contributed by atoms with E-state index in [1.807, 2.05) is 0 Å². The minimum Gasteiger partial charge on any atom is -0.463 e. The monoisotopic (exact) mass is 363 g/mol. The predicted molar refractivity (Wildman–Crippen MR) is 109 cm³/mol. The van der Waals surface area contributed by atoms with Gasteiger partial charge in [-0.1, -0.05) is 62.9 Å². The van der Waals surface area contributed by atoms with E-state index in [2.05, 4.69) is 72.5 Å². The van der Waals surface area contributed by atoms with Crippen LogP contribution < -0.4 is 0 Å². The first-order valence-electron chi connectivity index (χ1n) is 8.55. The lowest BCUT2D eigenvalue weighted by Crippen LogP contribution is -2.22. The summed E-state index contributed by atoms with van der Waals surface area (Å²) < 4.78 is 4.56. The molecule has 0 unspecified atom stereocenters. The molecule has 0 aliphatic rings. The molecule has 0 amide bonds. The third-order valence-corrected chi connectivity index (χ3v) is 3.79. The molecule has 0 N–H and O–H groups in total. The minimum atomic E-state index is -0.312. The van der Waals surface area contributed by atoms with Gasteiger partial charge in [-0.15, -0.1) is 12.4 Å². The molecular weight excluding hydrogens is 334 g/mol. The molecule has 2 rings (SSSR count). The summed E-state index contributed by atoms with van der Waals surface area (Å²) in [6.07, 6.45) is 0. The number of rotatable bonds is 6. The molecular formula is C21H30ClNO2. The van der Waals surface area contributed by atoms with Gasteiger partial charge in [0.05, 0.1) is 6.61 Å². The maximum absolute atomic E-state index is 10.4. The summed E-state index contributed by atoms with van der Waals surface area (Å²) in [5, 5.41) is 2.73. The number of carbonyl (C=O) groups is 1. The molecule has 0 saturated heterocycles. The summed E-state index contributed by atoms with van der Waals surface area (Å²) in [5.74, 6) is -0.312. The normalized spacial score (nSPS) is 9.80. The van der Waals surface area contributed by atoms with E-state index in [0.717, 1.165) is 19.6 Å². The van der Waals surface area contributed by atoms with Crippen molar-refractivity contribution in [1.29, 1.82) is 0 Å². The van der Waals surface area contributed by atoms with Gasteiger partial charge in [0.15, 0.2) is 0 Å². The molecule has 0 radical (unpaired) electrons. The van der Waals surface area contributed by atoms with Crippen LogP contribution in [-0.2, 0) is 16.1 Å². The van der Waals surface area contributed by atoms with Crippen LogP contribution in [0.15, 0.2) is 54.6 Å². The standard InChI is InChI=1S/C15H19N.C6H10O2.ClH/c1-3-16(4-2)12-14-10-7-9-13-8-5-6-11-15(13)14;1-4-8-6(7)5(2)3;/h5-11H,3-4,12H2,1-2H3;2,4H2,1,3H3;1H. The number of esters is 1. The van der Waals surface area contributed by atoms with E-state index in [4.69, 9.17) is 0 Å². The number of nitrogens with zero attached hydrogens (tertiary/aromatic N) is 1. The number of carbonyl (C=O) groups excluding carboxylic acids is 1.